The zero-order valence-electron chi connectivity index (χ0n) is 15.6. The second-order valence-electron chi connectivity index (χ2n) is 7.04. The molecule has 2 aromatic heterocycles. The second kappa shape index (κ2) is 6.94. The molecule has 2 aliphatic heterocycles. The molecule has 2 aliphatic rings. The van der Waals surface area contributed by atoms with E-state index in [2.05, 4.69) is 38.2 Å². The van der Waals surface area contributed by atoms with Crippen LogP contribution in [0.25, 0.3) is 11.1 Å². The van der Waals surface area contributed by atoms with Gasteiger partial charge in [0, 0.05) is 65.8 Å². The summed E-state index contributed by atoms with van der Waals surface area (Å²) in [6.07, 6.45) is 5.48. The number of nitrogens with zero attached hydrogens (tertiary/aromatic N) is 6. The van der Waals surface area contributed by atoms with Gasteiger partial charge in [0.25, 0.3) is 0 Å². The third-order valence-electron chi connectivity index (χ3n) is 5.21. The van der Waals surface area contributed by atoms with Gasteiger partial charge in [0.1, 0.15) is 12.1 Å². The fourth-order valence-corrected chi connectivity index (χ4v) is 4.72. The van der Waals surface area contributed by atoms with Crippen molar-refractivity contribution in [3.63, 3.8) is 0 Å². The van der Waals surface area contributed by atoms with Crippen molar-refractivity contribution in [2.45, 2.75) is 6.54 Å². The Balaban J connectivity index is 1.48. The Morgan fingerprint density at radius 3 is 2.71 bits per heavy atom. The lowest BCUT2D eigenvalue weighted by atomic mass is 9.98. The van der Waals surface area contributed by atoms with Crippen LogP contribution in [-0.2, 0) is 24.4 Å². The third kappa shape index (κ3) is 3.13. The first kappa shape index (κ1) is 17.2. The van der Waals surface area contributed by atoms with Crippen molar-refractivity contribution in [3.05, 3.63) is 59.8 Å². The summed E-state index contributed by atoms with van der Waals surface area (Å²) in [4.78, 5) is 15.9. The van der Waals surface area contributed by atoms with Crippen LogP contribution >= 0.6 is 0 Å². The Labute approximate surface area is 165 Å². The lowest BCUT2D eigenvalue weighted by molar-refractivity contribution is 0.672. The van der Waals surface area contributed by atoms with E-state index in [0.717, 1.165) is 47.0 Å². The second-order valence-corrected chi connectivity index (χ2v) is 8.73. The van der Waals surface area contributed by atoms with Gasteiger partial charge in [-0.3, -0.25) is 13.9 Å². The maximum Gasteiger partial charge on any atom is 0.132 e. The van der Waals surface area contributed by atoms with Gasteiger partial charge < -0.3 is 4.90 Å². The molecule has 8 heteroatoms. The SMILES string of the molecule is Cn1cc(-c2ccc3c(c2)C(c2cc(N4CCS(=O)CC4)ncn2)=NC3)cn1. The number of aromatic nitrogens is 4. The van der Waals surface area contributed by atoms with E-state index in [-0.39, 0.29) is 0 Å². The summed E-state index contributed by atoms with van der Waals surface area (Å²) in [5.41, 5.74) is 6.26. The van der Waals surface area contributed by atoms with Gasteiger partial charge >= 0.3 is 0 Å². The predicted molar refractivity (Wildman–Crippen MR) is 110 cm³/mol. The van der Waals surface area contributed by atoms with Crippen LogP contribution in [0.4, 0.5) is 5.82 Å². The molecule has 142 valence electrons. The molecule has 0 unspecified atom stereocenters. The minimum atomic E-state index is -0.707. The molecule has 0 bridgehead atoms. The van der Waals surface area contributed by atoms with Crippen LogP contribution in [0.2, 0.25) is 0 Å². The Morgan fingerprint density at radius 1 is 1.07 bits per heavy atom. The monoisotopic (exact) mass is 392 g/mol. The smallest absolute Gasteiger partial charge is 0.132 e. The summed E-state index contributed by atoms with van der Waals surface area (Å²) in [7, 11) is 1.21. The number of hydrogen-bond acceptors (Lipinski definition) is 6. The molecule has 4 heterocycles. The maximum atomic E-state index is 11.6. The molecule has 1 saturated heterocycles. The van der Waals surface area contributed by atoms with Crippen molar-refractivity contribution in [3.8, 4) is 11.1 Å². The Morgan fingerprint density at radius 2 is 1.93 bits per heavy atom. The largest absolute Gasteiger partial charge is 0.355 e. The number of aryl methyl sites for hydroxylation is 1. The number of rotatable bonds is 3. The highest BCUT2D eigenvalue weighted by atomic mass is 32.2. The van der Waals surface area contributed by atoms with Crippen molar-refractivity contribution in [2.24, 2.45) is 12.0 Å². The first-order valence-electron chi connectivity index (χ1n) is 9.26. The molecule has 0 radical (unpaired) electrons. The van der Waals surface area contributed by atoms with Gasteiger partial charge in [0.05, 0.1) is 24.1 Å². The van der Waals surface area contributed by atoms with Crippen LogP contribution in [0, 0.1) is 0 Å². The molecule has 0 aliphatic carbocycles. The summed E-state index contributed by atoms with van der Waals surface area (Å²) in [6, 6.07) is 8.42. The van der Waals surface area contributed by atoms with Gasteiger partial charge in [-0.25, -0.2) is 9.97 Å². The molecule has 28 heavy (non-hydrogen) atoms. The Bertz CT molecular complexity index is 1100. The van der Waals surface area contributed by atoms with Crippen LogP contribution in [0.15, 0.2) is 48.0 Å². The molecule has 3 aromatic rings. The van der Waals surface area contributed by atoms with E-state index in [4.69, 9.17) is 4.99 Å². The molecule has 1 aromatic carbocycles. The minimum Gasteiger partial charge on any atom is -0.355 e. The van der Waals surface area contributed by atoms with Crippen LogP contribution in [0.1, 0.15) is 16.8 Å². The van der Waals surface area contributed by atoms with Gasteiger partial charge in [-0.05, 0) is 17.2 Å². The lowest BCUT2D eigenvalue weighted by Gasteiger charge is -2.27. The first-order chi connectivity index (χ1) is 13.7. The van der Waals surface area contributed by atoms with E-state index in [1.54, 1.807) is 11.0 Å². The molecule has 0 amide bonds. The summed E-state index contributed by atoms with van der Waals surface area (Å²) in [6.45, 7) is 2.19. The molecule has 7 nitrogen and oxygen atoms in total. The highest BCUT2D eigenvalue weighted by Crippen LogP contribution is 2.28. The van der Waals surface area contributed by atoms with Crippen molar-refractivity contribution >= 4 is 22.3 Å². The molecule has 0 N–H and O–H groups in total. The van der Waals surface area contributed by atoms with E-state index in [1.807, 2.05) is 25.5 Å². The molecule has 0 saturated carbocycles. The van der Waals surface area contributed by atoms with Gasteiger partial charge in [-0.2, -0.15) is 5.10 Å². The van der Waals surface area contributed by atoms with Crippen LogP contribution in [0.3, 0.4) is 0 Å². The zero-order chi connectivity index (χ0) is 19.1. The normalized spacial score (nSPS) is 16.9. The van der Waals surface area contributed by atoms with E-state index in [1.165, 1.54) is 5.56 Å². The highest BCUT2D eigenvalue weighted by molar-refractivity contribution is 7.85. The van der Waals surface area contributed by atoms with Gasteiger partial charge in [0.2, 0.25) is 0 Å². The minimum absolute atomic E-state index is 0.667. The number of benzene rings is 1. The zero-order valence-corrected chi connectivity index (χ0v) is 16.4. The summed E-state index contributed by atoms with van der Waals surface area (Å²) in [5, 5.41) is 4.27. The summed E-state index contributed by atoms with van der Waals surface area (Å²) < 4.78 is 13.4. The van der Waals surface area contributed by atoms with E-state index in [0.29, 0.717) is 18.1 Å². The fourth-order valence-electron chi connectivity index (χ4n) is 3.67. The first-order valence-corrected chi connectivity index (χ1v) is 10.8. The quantitative estimate of drug-likeness (QED) is 0.679. The van der Waals surface area contributed by atoms with E-state index in [9.17, 15) is 4.21 Å². The highest BCUT2D eigenvalue weighted by Gasteiger charge is 2.22. The molecular weight excluding hydrogens is 372 g/mol. The summed E-state index contributed by atoms with van der Waals surface area (Å²) >= 11 is 0. The number of fused-ring (bicyclic) bond motifs is 1. The van der Waals surface area contributed by atoms with Crippen molar-refractivity contribution in [1.82, 2.24) is 19.7 Å². The number of anilines is 1. The number of hydrogen-bond donors (Lipinski definition) is 0. The molecule has 0 atom stereocenters. The molecule has 1 fully saturated rings. The Kier molecular flexibility index (Phi) is 4.27. The van der Waals surface area contributed by atoms with Gasteiger partial charge in [-0.15, -0.1) is 0 Å². The van der Waals surface area contributed by atoms with Gasteiger partial charge in [-0.1, -0.05) is 12.1 Å². The predicted octanol–water partition coefficient (Wildman–Crippen LogP) is 1.80. The average Bonchev–Trinajstić information content (AvgIpc) is 3.34. The Hall–Kier alpha value is -2.87. The third-order valence-corrected chi connectivity index (χ3v) is 6.48. The van der Waals surface area contributed by atoms with Gasteiger partial charge in [0.15, 0.2) is 0 Å². The van der Waals surface area contributed by atoms with Crippen molar-refractivity contribution in [1.29, 1.82) is 0 Å². The van der Waals surface area contributed by atoms with E-state index < -0.39 is 10.8 Å². The van der Waals surface area contributed by atoms with Crippen LogP contribution < -0.4 is 4.90 Å². The summed E-state index contributed by atoms with van der Waals surface area (Å²) in [5.74, 6) is 2.26. The van der Waals surface area contributed by atoms with Crippen molar-refractivity contribution in [2.75, 3.05) is 29.5 Å². The molecular formula is C20H20N6OS. The number of aliphatic imine (C=N–C) groups is 1. The average molecular weight is 392 g/mol. The maximum absolute atomic E-state index is 11.6. The molecule has 5 rings (SSSR count). The van der Waals surface area contributed by atoms with Crippen LogP contribution in [-0.4, -0.2) is 54.3 Å². The van der Waals surface area contributed by atoms with Crippen LogP contribution in [0.5, 0.6) is 0 Å². The standard InChI is InChI=1S/C20H20N6OS/c1-25-12-16(11-24-25)14-2-3-15-10-21-20(17(15)8-14)18-9-19(23-13-22-18)26-4-6-28(27)7-5-26/h2-3,8-9,11-13H,4-7,10H2,1H3. The van der Waals surface area contributed by atoms with Crippen molar-refractivity contribution < 1.29 is 4.21 Å². The molecule has 0 spiro atoms. The van der Waals surface area contributed by atoms with E-state index >= 15 is 0 Å². The lowest BCUT2D eigenvalue weighted by Crippen LogP contribution is -2.38. The topological polar surface area (TPSA) is 76.3 Å². The fraction of sp³-hybridized carbons (Fsp3) is 0.300.